The first kappa shape index (κ1) is 23.1. The summed E-state index contributed by atoms with van der Waals surface area (Å²) >= 11 is 3.15. The molecule has 7 nitrogen and oxygen atoms in total. The Bertz CT molecular complexity index is 1350. The molecule has 0 saturated heterocycles. The number of nitrogens with one attached hydrogen (secondary N) is 1. The van der Waals surface area contributed by atoms with Gasteiger partial charge in [-0.3, -0.25) is 9.20 Å². The Morgan fingerprint density at radius 3 is 2.91 bits per heavy atom. The molecular weight excluding hydrogens is 466 g/mol. The highest BCUT2D eigenvalue weighted by atomic mass is 32.2. The maximum atomic E-state index is 12.6. The van der Waals surface area contributed by atoms with Gasteiger partial charge in [0.15, 0.2) is 10.8 Å². The molecule has 0 radical (unpaired) electrons. The Hall–Kier alpha value is -2.65. The lowest BCUT2D eigenvalue weighted by atomic mass is 9.72. The van der Waals surface area contributed by atoms with Gasteiger partial charge in [0.05, 0.1) is 23.4 Å². The van der Waals surface area contributed by atoms with Crippen LogP contribution in [0.1, 0.15) is 44.6 Å². The molecule has 1 amide bonds. The second kappa shape index (κ2) is 9.19. The molecule has 3 heterocycles. The zero-order chi connectivity index (χ0) is 23.9. The third-order valence-electron chi connectivity index (χ3n) is 6.44. The summed E-state index contributed by atoms with van der Waals surface area (Å²) in [5.41, 5.74) is 3.19. The Morgan fingerprint density at radius 2 is 2.12 bits per heavy atom. The molecule has 0 unspecified atom stereocenters. The monoisotopic (exact) mass is 495 g/mol. The van der Waals surface area contributed by atoms with Gasteiger partial charge in [0.25, 0.3) is 0 Å². The summed E-state index contributed by atoms with van der Waals surface area (Å²) in [5.74, 6) is 1.44. The SMILES string of the molecule is CCOc1ccccc1NC(=O)CSc1nnc2c3c4c(sc3ncn12)C[C@@H](C(C)(C)C)CC4. The summed E-state index contributed by atoms with van der Waals surface area (Å²) in [6, 6.07) is 7.45. The molecule has 1 aliphatic rings. The van der Waals surface area contributed by atoms with Crippen molar-refractivity contribution in [3.05, 3.63) is 41.0 Å². The van der Waals surface area contributed by atoms with E-state index in [2.05, 4.69) is 36.3 Å². The number of para-hydroxylation sites is 2. The lowest BCUT2D eigenvalue weighted by Gasteiger charge is -2.33. The largest absolute Gasteiger partial charge is 0.492 e. The highest BCUT2D eigenvalue weighted by Gasteiger charge is 2.32. The second-order valence-electron chi connectivity index (χ2n) is 9.68. The summed E-state index contributed by atoms with van der Waals surface area (Å²) in [6.45, 7) is 9.46. The molecule has 5 rings (SSSR count). The molecule has 4 aromatic rings. The molecule has 3 aromatic heterocycles. The van der Waals surface area contributed by atoms with Gasteiger partial charge in [-0.2, -0.15) is 0 Å². The van der Waals surface area contributed by atoms with E-state index in [-0.39, 0.29) is 11.7 Å². The van der Waals surface area contributed by atoms with Gasteiger partial charge in [0, 0.05) is 4.88 Å². The zero-order valence-electron chi connectivity index (χ0n) is 19.9. The van der Waals surface area contributed by atoms with E-state index in [0.29, 0.717) is 34.5 Å². The maximum Gasteiger partial charge on any atom is 0.234 e. The fraction of sp³-hybridized carbons (Fsp3) is 0.440. The summed E-state index contributed by atoms with van der Waals surface area (Å²) in [4.78, 5) is 19.8. The molecule has 9 heteroatoms. The number of thiophene rings is 1. The van der Waals surface area contributed by atoms with Crippen LogP contribution in [0.15, 0.2) is 35.7 Å². The number of hydrogen-bond donors (Lipinski definition) is 1. The molecule has 0 spiro atoms. The van der Waals surface area contributed by atoms with E-state index in [0.717, 1.165) is 28.7 Å². The molecule has 0 saturated carbocycles. The molecule has 0 fully saturated rings. The Balaban J connectivity index is 1.35. The first-order chi connectivity index (χ1) is 16.3. The van der Waals surface area contributed by atoms with Gasteiger partial charge in [-0.05, 0) is 55.2 Å². The van der Waals surface area contributed by atoms with E-state index in [1.165, 1.54) is 28.6 Å². The minimum atomic E-state index is -0.121. The van der Waals surface area contributed by atoms with Gasteiger partial charge < -0.3 is 10.1 Å². The minimum Gasteiger partial charge on any atom is -0.492 e. The van der Waals surface area contributed by atoms with E-state index in [9.17, 15) is 4.79 Å². The molecule has 0 bridgehead atoms. The average Bonchev–Trinajstić information content (AvgIpc) is 3.38. The quantitative estimate of drug-likeness (QED) is 0.350. The number of aryl methyl sites for hydroxylation is 1. The van der Waals surface area contributed by atoms with Gasteiger partial charge >= 0.3 is 0 Å². The molecule has 34 heavy (non-hydrogen) atoms. The number of carbonyl (C=O) groups excluding carboxylic acids is 1. The van der Waals surface area contributed by atoms with Crippen LogP contribution in [0.5, 0.6) is 5.75 Å². The van der Waals surface area contributed by atoms with Gasteiger partial charge in [-0.1, -0.05) is 44.7 Å². The van der Waals surface area contributed by atoms with Crippen molar-refractivity contribution in [2.75, 3.05) is 17.7 Å². The number of amides is 1. The molecule has 1 N–H and O–H groups in total. The van der Waals surface area contributed by atoms with E-state index in [4.69, 9.17) is 9.72 Å². The summed E-state index contributed by atoms with van der Waals surface area (Å²) in [7, 11) is 0. The van der Waals surface area contributed by atoms with Crippen molar-refractivity contribution in [2.24, 2.45) is 11.3 Å². The predicted octanol–water partition coefficient (Wildman–Crippen LogP) is 5.62. The highest BCUT2D eigenvalue weighted by molar-refractivity contribution is 7.99. The van der Waals surface area contributed by atoms with Crippen LogP contribution in [0.4, 0.5) is 5.69 Å². The Kier molecular flexibility index (Phi) is 6.24. The van der Waals surface area contributed by atoms with Crippen molar-refractivity contribution in [3.63, 3.8) is 0 Å². The predicted molar refractivity (Wildman–Crippen MR) is 138 cm³/mol. The van der Waals surface area contributed by atoms with Gasteiger partial charge in [-0.15, -0.1) is 21.5 Å². The van der Waals surface area contributed by atoms with Crippen LogP contribution in [-0.4, -0.2) is 37.8 Å². The number of anilines is 1. The minimum absolute atomic E-state index is 0.121. The molecular formula is C25H29N5O2S2. The highest BCUT2D eigenvalue weighted by Crippen LogP contribution is 2.43. The zero-order valence-corrected chi connectivity index (χ0v) is 21.6. The maximum absolute atomic E-state index is 12.6. The third-order valence-corrected chi connectivity index (χ3v) is 8.55. The fourth-order valence-corrected chi connectivity index (χ4v) is 6.53. The first-order valence-corrected chi connectivity index (χ1v) is 13.4. The van der Waals surface area contributed by atoms with Crippen LogP contribution in [0.3, 0.4) is 0 Å². The molecule has 1 atom stereocenters. The second-order valence-corrected chi connectivity index (χ2v) is 11.7. The first-order valence-electron chi connectivity index (χ1n) is 11.6. The Morgan fingerprint density at radius 1 is 1.29 bits per heavy atom. The Labute approximate surface area is 207 Å². The van der Waals surface area contributed by atoms with Crippen molar-refractivity contribution in [1.29, 1.82) is 0 Å². The lowest BCUT2D eigenvalue weighted by Crippen LogP contribution is -2.26. The number of hydrogen-bond acceptors (Lipinski definition) is 7. The van der Waals surface area contributed by atoms with E-state index in [1.807, 2.05) is 35.6 Å². The topological polar surface area (TPSA) is 81.4 Å². The van der Waals surface area contributed by atoms with Crippen LogP contribution in [0.25, 0.3) is 15.9 Å². The summed E-state index contributed by atoms with van der Waals surface area (Å²) < 4.78 is 7.51. The molecule has 1 aromatic carbocycles. The number of nitrogens with zero attached hydrogens (tertiary/aromatic N) is 4. The van der Waals surface area contributed by atoms with Crippen molar-refractivity contribution in [1.82, 2.24) is 19.6 Å². The van der Waals surface area contributed by atoms with Crippen molar-refractivity contribution < 1.29 is 9.53 Å². The van der Waals surface area contributed by atoms with Crippen LogP contribution in [0, 0.1) is 11.3 Å². The number of ether oxygens (including phenoxy) is 1. The number of benzene rings is 1. The van der Waals surface area contributed by atoms with E-state index in [1.54, 1.807) is 17.7 Å². The van der Waals surface area contributed by atoms with Crippen LogP contribution in [-0.2, 0) is 17.6 Å². The van der Waals surface area contributed by atoms with Gasteiger partial charge in [-0.25, -0.2) is 4.98 Å². The number of fused-ring (bicyclic) bond motifs is 5. The summed E-state index contributed by atoms with van der Waals surface area (Å²) in [6.07, 6.45) is 5.12. The molecule has 0 aliphatic heterocycles. The van der Waals surface area contributed by atoms with E-state index < -0.39 is 0 Å². The number of thioether (sulfide) groups is 1. The number of aromatic nitrogens is 4. The van der Waals surface area contributed by atoms with Crippen LogP contribution >= 0.6 is 23.1 Å². The standard InChI is InChI=1S/C25H29N5O2S2/c1-5-32-18-9-7-6-8-17(18)27-20(31)13-33-24-29-28-22-21-16-11-10-15(25(2,3)4)12-19(16)34-23(21)26-14-30(22)24/h6-9,14-15H,5,10-13H2,1-4H3,(H,27,31)/t15-/m0/s1. The summed E-state index contributed by atoms with van der Waals surface area (Å²) in [5, 5.41) is 13.6. The van der Waals surface area contributed by atoms with Gasteiger partial charge in [0.2, 0.25) is 5.91 Å². The van der Waals surface area contributed by atoms with Gasteiger partial charge in [0.1, 0.15) is 16.9 Å². The number of rotatable bonds is 6. The third kappa shape index (κ3) is 4.38. The van der Waals surface area contributed by atoms with Crippen LogP contribution < -0.4 is 10.1 Å². The number of carbonyl (C=O) groups is 1. The fourth-order valence-electron chi connectivity index (χ4n) is 4.56. The van der Waals surface area contributed by atoms with Crippen molar-refractivity contribution in [3.8, 4) is 5.75 Å². The lowest BCUT2D eigenvalue weighted by molar-refractivity contribution is -0.113. The molecule has 178 valence electrons. The normalized spacial score (nSPS) is 16.1. The van der Waals surface area contributed by atoms with E-state index >= 15 is 0 Å². The van der Waals surface area contributed by atoms with Crippen molar-refractivity contribution >= 4 is 50.6 Å². The average molecular weight is 496 g/mol. The smallest absolute Gasteiger partial charge is 0.234 e. The molecule has 1 aliphatic carbocycles. The van der Waals surface area contributed by atoms with Crippen LogP contribution in [0.2, 0.25) is 0 Å². The van der Waals surface area contributed by atoms with Crippen molar-refractivity contribution in [2.45, 2.75) is 52.1 Å².